The molecule has 7 heteroatoms. The second kappa shape index (κ2) is 9.65. The second-order valence-electron chi connectivity index (χ2n) is 8.45. The Kier molecular flexibility index (Phi) is 6.70. The number of amides is 1. The number of carbonyl (C=O) groups excluding carboxylic acids is 1. The molecule has 1 N–H and O–H groups in total. The molecule has 1 saturated heterocycles. The maximum atomic E-state index is 13.5. The first-order chi connectivity index (χ1) is 15.4. The van der Waals surface area contributed by atoms with Crippen LogP contribution in [0.3, 0.4) is 0 Å². The minimum absolute atomic E-state index is 0.0131. The molecule has 5 nitrogen and oxygen atoms in total. The fourth-order valence-corrected chi connectivity index (χ4v) is 4.17. The normalized spacial score (nSPS) is 15.9. The van der Waals surface area contributed by atoms with Gasteiger partial charge in [-0.2, -0.15) is 0 Å². The Morgan fingerprint density at radius 1 is 1.19 bits per heavy atom. The Balaban J connectivity index is 1.62. The molecule has 166 valence electrons. The van der Waals surface area contributed by atoms with E-state index in [0.29, 0.717) is 17.5 Å². The second-order valence-corrected chi connectivity index (χ2v) is 8.86. The van der Waals surface area contributed by atoms with Gasteiger partial charge in [0.2, 0.25) is 5.91 Å². The maximum absolute atomic E-state index is 13.5. The fourth-order valence-electron chi connectivity index (χ4n) is 3.95. The summed E-state index contributed by atoms with van der Waals surface area (Å²) < 4.78 is 13.5. The Labute approximate surface area is 192 Å². The van der Waals surface area contributed by atoms with Crippen LogP contribution in [0.4, 0.5) is 10.2 Å². The summed E-state index contributed by atoms with van der Waals surface area (Å²) in [6.45, 7) is 6.16. The van der Waals surface area contributed by atoms with Crippen molar-refractivity contribution in [2.75, 3.05) is 24.5 Å². The van der Waals surface area contributed by atoms with Gasteiger partial charge in [-0.3, -0.25) is 9.78 Å². The van der Waals surface area contributed by atoms with Crippen molar-refractivity contribution in [3.63, 3.8) is 0 Å². The number of hydrogen-bond acceptors (Lipinski definition) is 4. The zero-order valence-electron chi connectivity index (χ0n) is 18.2. The molecule has 3 heterocycles. The molecule has 1 aliphatic rings. The molecule has 0 spiro atoms. The molecule has 1 fully saturated rings. The molecule has 0 radical (unpaired) electrons. The molecular formula is C25H26ClFN4O. The molecule has 3 aromatic rings. The van der Waals surface area contributed by atoms with E-state index in [0.717, 1.165) is 47.6 Å². The van der Waals surface area contributed by atoms with E-state index in [9.17, 15) is 9.18 Å². The van der Waals surface area contributed by atoms with Crippen LogP contribution >= 0.6 is 11.6 Å². The molecule has 1 aliphatic heterocycles. The first-order valence-corrected chi connectivity index (χ1v) is 11.2. The molecule has 0 aliphatic carbocycles. The third kappa shape index (κ3) is 4.91. The molecule has 1 aromatic carbocycles. The number of benzene rings is 1. The maximum Gasteiger partial charge on any atom is 0.222 e. The number of pyridine rings is 2. The SMILES string of the molecule is CC(C)C(=O)NCC1CCN(c2cc(-c3ccncc3Cl)c(-c3ccc(F)cc3)cn2)C1. The van der Waals surface area contributed by atoms with E-state index in [1.165, 1.54) is 12.1 Å². The van der Waals surface area contributed by atoms with E-state index < -0.39 is 0 Å². The van der Waals surface area contributed by atoms with Crippen LogP contribution in [0.2, 0.25) is 5.02 Å². The third-order valence-electron chi connectivity index (χ3n) is 5.81. The Bertz CT molecular complexity index is 1100. The van der Waals surface area contributed by atoms with Crippen molar-refractivity contribution in [1.29, 1.82) is 0 Å². The lowest BCUT2D eigenvalue weighted by Crippen LogP contribution is -2.33. The molecule has 1 unspecified atom stereocenters. The zero-order chi connectivity index (χ0) is 22.7. The van der Waals surface area contributed by atoms with E-state index in [1.54, 1.807) is 24.5 Å². The van der Waals surface area contributed by atoms with Gasteiger partial charge in [0.1, 0.15) is 11.6 Å². The van der Waals surface area contributed by atoms with Crippen molar-refractivity contribution in [2.45, 2.75) is 20.3 Å². The van der Waals surface area contributed by atoms with Crippen LogP contribution in [0.5, 0.6) is 0 Å². The van der Waals surface area contributed by atoms with E-state index in [1.807, 2.05) is 32.2 Å². The summed E-state index contributed by atoms with van der Waals surface area (Å²) in [6, 6.07) is 10.3. The zero-order valence-corrected chi connectivity index (χ0v) is 18.9. The number of anilines is 1. The van der Waals surface area contributed by atoms with Gasteiger partial charge in [-0.25, -0.2) is 9.37 Å². The average Bonchev–Trinajstić information content (AvgIpc) is 3.27. The van der Waals surface area contributed by atoms with Crippen LogP contribution in [0.25, 0.3) is 22.3 Å². The lowest BCUT2D eigenvalue weighted by Gasteiger charge is -2.20. The van der Waals surface area contributed by atoms with E-state index in [-0.39, 0.29) is 17.6 Å². The van der Waals surface area contributed by atoms with Gasteiger partial charge in [0.25, 0.3) is 0 Å². The summed E-state index contributed by atoms with van der Waals surface area (Å²) >= 11 is 6.48. The lowest BCUT2D eigenvalue weighted by atomic mass is 9.96. The first kappa shape index (κ1) is 22.2. The number of aromatic nitrogens is 2. The highest BCUT2D eigenvalue weighted by atomic mass is 35.5. The monoisotopic (exact) mass is 452 g/mol. The highest BCUT2D eigenvalue weighted by Gasteiger charge is 2.25. The number of rotatable bonds is 6. The van der Waals surface area contributed by atoms with Crippen molar-refractivity contribution in [3.05, 3.63) is 65.8 Å². The summed E-state index contributed by atoms with van der Waals surface area (Å²) in [5, 5.41) is 3.58. The van der Waals surface area contributed by atoms with Gasteiger partial charge in [0.15, 0.2) is 0 Å². The molecule has 0 bridgehead atoms. The van der Waals surface area contributed by atoms with E-state index in [4.69, 9.17) is 16.6 Å². The Hall–Kier alpha value is -2.99. The van der Waals surface area contributed by atoms with Crippen molar-refractivity contribution < 1.29 is 9.18 Å². The first-order valence-electron chi connectivity index (χ1n) is 10.8. The van der Waals surface area contributed by atoms with Crippen molar-refractivity contribution in [1.82, 2.24) is 15.3 Å². The summed E-state index contributed by atoms with van der Waals surface area (Å²) in [4.78, 5) is 23.0. The number of hydrogen-bond donors (Lipinski definition) is 1. The lowest BCUT2D eigenvalue weighted by molar-refractivity contribution is -0.124. The molecule has 1 amide bonds. The van der Waals surface area contributed by atoms with Crippen LogP contribution < -0.4 is 10.2 Å². The van der Waals surface area contributed by atoms with Gasteiger partial charge < -0.3 is 10.2 Å². The largest absolute Gasteiger partial charge is 0.356 e. The number of nitrogens with zero attached hydrogens (tertiary/aromatic N) is 3. The summed E-state index contributed by atoms with van der Waals surface area (Å²) in [6.07, 6.45) is 6.14. The molecule has 4 rings (SSSR count). The molecule has 0 saturated carbocycles. The fraction of sp³-hybridized carbons (Fsp3) is 0.320. The highest BCUT2D eigenvalue weighted by Crippen LogP contribution is 2.37. The predicted molar refractivity (Wildman–Crippen MR) is 126 cm³/mol. The van der Waals surface area contributed by atoms with E-state index >= 15 is 0 Å². The molecular weight excluding hydrogens is 427 g/mol. The van der Waals surface area contributed by atoms with Crippen molar-refractivity contribution >= 4 is 23.3 Å². The van der Waals surface area contributed by atoms with E-state index in [2.05, 4.69) is 15.2 Å². The van der Waals surface area contributed by atoms with Crippen LogP contribution in [0.1, 0.15) is 20.3 Å². The van der Waals surface area contributed by atoms with Gasteiger partial charge in [-0.1, -0.05) is 37.6 Å². The number of carbonyl (C=O) groups is 1. The van der Waals surface area contributed by atoms with Crippen LogP contribution in [0, 0.1) is 17.7 Å². The topological polar surface area (TPSA) is 58.1 Å². The van der Waals surface area contributed by atoms with Gasteiger partial charge in [0, 0.05) is 55.3 Å². The number of halogens is 2. The quantitative estimate of drug-likeness (QED) is 0.558. The van der Waals surface area contributed by atoms with Crippen LogP contribution in [0.15, 0.2) is 55.0 Å². The van der Waals surface area contributed by atoms with Gasteiger partial charge in [-0.05, 0) is 47.7 Å². The Morgan fingerprint density at radius 2 is 1.97 bits per heavy atom. The standard InChI is InChI=1S/C25H26ClFN4O/c1-16(2)25(32)30-12-17-8-10-31(15-17)24-11-21(20-7-9-28-14-23(20)26)22(13-29-24)18-3-5-19(27)6-4-18/h3-7,9,11,13-14,16-17H,8,10,12,15H2,1-2H3,(H,30,32). The molecule has 32 heavy (non-hydrogen) atoms. The minimum Gasteiger partial charge on any atom is -0.356 e. The smallest absolute Gasteiger partial charge is 0.222 e. The molecule has 1 atom stereocenters. The van der Waals surface area contributed by atoms with Gasteiger partial charge >= 0.3 is 0 Å². The summed E-state index contributed by atoms with van der Waals surface area (Å²) in [5.41, 5.74) is 3.51. The summed E-state index contributed by atoms with van der Waals surface area (Å²) in [5.74, 6) is 1.02. The highest BCUT2D eigenvalue weighted by molar-refractivity contribution is 6.33. The van der Waals surface area contributed by atoms with Crippen molar-refractivity contribution in [2.24, 2.45) is 11.8 Å². The minimum atomic E-state index is -0.283. The molecule has 2 aromatic heterocycles. The van der Waals surface area contributed by atoms with Crippen LogP contribution in [-0.4, -0.2) is 35.5 Å². The number of nitrogens with one attached hydrogen (secondary N) is 1. The Morgan fingerprint density at radius 3 is 2.69 bits per heavy atom. The predicted octanol–water partition coefficient (Wildman–Crippen LogP) is 5.20. The van der Waals surface area contributed by atoms with Gasteiger partial charge in [0.05, 0.1) is 5.02 Å². The average molecular weight is 453 g/mol. The van der Waals surface area contributed by atoms with Crippen LogP contribution in [-0.2, 0) is 4.79 Å². The summed E-state index contributed by atoms with van der Waals surface area (Å²) in [7, 11) is 0. The van der Waals surface area contributed by atoms with Crippen molar-refractivity contribution in [3.8, 4) is 22.3 Å². The van der Waals surface area contributed by atoms with Gasteiger partial charge in [-0.15, -0.1) is 0 Å². The third-order valence-corrected chi connectivity index (χ3v) is 6.11.